The van der Waals surface area contributed by atoms with Gasteiger partial charge >= 0.3 is 0 Å². The maximum Gasteiger partial charge on any atom is 0.0499 e. The maximum absolute atomic E-state index is 5.91. The van der Waals surface area contributed by atoms with Gasteiger partial charge < -0.3 is 5.32 Å². The molecular formula is C11H15BrClN. The van der Waals surface area contributed by atoms with Crippen molar-refractivity contribution in [3.63, 3.8) is 0 Å². The van der Waals surface area contributed by atoms with Crippen molar-refractivity contribution in [2.45, 2.75) is 20.3 Å². The highest BCUT2D eigenvalue weighted by Gasteiger charge is 2.02. The van der Waals surface area contributed by atoms with Crippen molar-refractivity contribution in [2.75, 3.05) is 11.9 Å². The normalized spacial score (nSPS) is 12.6. The van der Waals surface area contributed by atoms with Crippen LogP contribution in [-0.2, 0) is 0 Å². The lowest BCUT2D eigenvalue weighted by Crippen LogP contribution is -2.10. The molecule has 1 N–H and O–H groups in total. The average Bonchev–Trinajstić information content (AvgIpc) is 2.19. The Morgan fingerprint density at radius 1 is 1.50 bits per heavy atom. The van der Waals surface area contributed by atoms with Crippen molar-refractivity contribution < 1.29 is 0 Å². The zero-order valence-electron chi connectivity index (χ0n) is 8.48. The Bertz CT molecular complexity index is 301. The molecule has 0 saturated heterocycles. The summed E-state index contributed by atoms with van der Waals surface area (Å²) in [4.78, 5) is 0. The van der Waals surface area contributed by atoms with Crippen LogP contribution in [0.4, 0.5) is 5.69 Å². The first-order chi connectivity index (χ1) is 6.63. The Labute approximate surface area is 99.0 Å². The second kappa shape index (κ2) is 5.62. The van der Waals surface area contributed by atoms with Gasteiger partial charge in [0.1, 0.15) is 0 Å². The summed E-state index contributed by atoms with van der Waals surface area (Å²) in [6.07, 6.45) is 1.19. The van der Waals surface area contributed by atoms with Crippen LogP contribution in [0.1, 0.15) is 20.3 Å². The third-order valence-corrected chi connectivity index (χ3v) is 3.19. The smallest absolute Gasteiger partial charge is 0.0499 e. The zero-order chi connectivity index (χ0) is 10.6. The van der Waals surface area contributed by atoms with Crippen LogP contribution in [-0.4, -0.2) is 6.54 Å². The summed E-state index contributed by atoms with van der Waals surface area (Å²) in [5.41, 5.74) is 1.07. The largest absolute Gasteiger partial charge is 0.384 e. The van der Waals surface area contributed by atoms with Gasteiger partial charge in [0.2, 0.25) is 0 Å². The van der Waals surface area contributed by atoms with Crippen molar-refractivity contribution in [1.82, 2.24) is 0 Å². The van der Waals surface area contributed by atoms with Crippen molar-refractivity contribution in [2.24, 2.45) is 5.92 Å². The SMILES string of the molecule is CCC(C)CNc1cc(Cl)ccc1Br. The molecule has 0 bridgehead atoms. The lowest BCUT2D eigenvalue weighted by molar-refractivity contribution is 0.593. The van der Waals surface area contributed by atoms with Crippen molar-refractivity contribution in [1.29, 1.82) is 0 Å². The van der Waals surface area contributed by atoms with Gasteiger partial charge in [-0.15, -0.1) is 0 Å². The molecule has 1 aromatic carbocycles. The third-order valence-electron chi connectivity index (χ3n) is 2.27. The van der Waals surface area contributed by atoms with Gasteiger partial charge in [0.15, 0.2) is 0 Å². The first kappa shape index (κ1) is 11.9. The second-order valence-electron chi connectivity index (χ2n) is 3.52. The van der Waals surface area contributed by atoms with Gasteiger partial charge in [-0.05, 0) is 40.0 Å². The summed E-state index contributed by atoms with van der Waals surface area (Å²) in [6.45, 7) is 5.40. The first-order valence-electron chi connectivity index (χ1n) is 4.82. The summed E-state index contributed by atoms with van der Waals surface area (Å²) in [7, 11) is 0. The summed E-state index contributed by atoms with van der Waals surface area (Å²) < 4.78 is 1.06. The minimum atomic E-state index is 0.681. The lowest BCUT2D eigenvalue weighted by Gasteiger charge is -2.12. The number of hydrogen-bond donors (Lipinski definition) is 1. The molecule has 0 radical (unpaired) electrons. The van der Waals surface area contributed by atoms with Crippen LogP contribution in [0.3, 0.4) is 0 Å². The van der Waals surface area contributed by atoms with E-state index in [9.17, 15) is 0 Å². The summed E-state index contributed by atoms with van der Waals surface area (Å²) in [5, 5.41) is 4.14. The molecule has 0 aliphatic rings. The van der Waals surface area contributed by atoms with E-state index in [0.717, 1.165) is 21.7 Å². The van der Waals surface area contributed by atoms with E-state index < -0.39 is 0 Å². The molecule has 1 aromatic rings. The van der Waals surface area contributed by atoms with Gasteiger partial charge in [0, 0.05) is 21.7 Å². The van der Waals surface area contributed by atoms with Gasteiger partial charge in [-0.1, -0.05) is 31.9 Å². The van der Waals surface area contributed by atoms with Gasteiger partial charge in [-0.2, -0.15) is 0 Å². The Morgan fingerprint density at radius 2 is 2.21 bits per heavy atom. The van der Waals surface area contributed by atoms with Crippen LogP contribution < -0.4 is 5.32 Å². The lowest BCUT2D eigenvalue weighted by atomic mass is 10.1. The van der Waals surface area contributed by atoms with Gasteiger partial charge in [0.25, 0.3) is 0 Å². The maximum atomic E-state index is 5.91. The number of halogens is 2. The van der Waals surface area contributed by atoms with E-state index in [2.05, 4.69) is 35.1 Å². The fourth-order valence-electron chi connectivity index (χ4n) is 1.06. The van der Waals surface area contributed by atoms with Crippen LogP contribution in [0, 0.1) is 5.92 Å². The molecule has 0 aliphatic carbocycles. The van der Waals surface area contributed by atoms with Crippen LogP contribution >= 0.6 is 27.5 Å². The monoisotopic (exact) mass is 275 g/mol. The zero-order valence-corrected chi connectivity index (χ0v) is 10.8. The van der Waals surface area contributed by atoms with Crippen LogP contribution in [0.25, 0.3) is 0 Å². The molecule has 0 aliphatic heterocycles. The van der Waals surface area contributed by atoms with E-state index in [1.54, 1.807) is 0 Å². The summed E-state index contributed by atoms with van der Waals surface area (Å²) >= 11 is 9.39. The minimum Gasteiger partial charge on any atom is -0.384 e. The van der Waals surface area contributed by atoms with Crippen LogP contribution in [0.5, 0.6) is 0 Å². The highest BCUT2D eigenvalue weighted by molar-refractivity contribution is 9.10. The van der Waals surface area contributed by atoms with Gasteiger partial charge in [-0.25, -0.2) is 0 Å². The first-order valence-corrected chi connectivity index (χ1v) is 5.99. The molecule has 1 atom stereocenters. The molecule has 78 valence electrons. The number of nitrogens with one attached hydrogen (secondary N) is 1. The number of anilines is 1. The van der Waals surface area contributed by atoms with E-state index >= 15 is 0 Å². The number of hydrogen-bond acceptors (Lipinski definition) is 1. The predicted molar refractivity (Wildman–Crippen MR) is 67.1 cm³/mol. The van der Waals surface area contributed by atoms with E-state index in [0.29, 0.717) is 5.92 Å². The number of benzene rings is 1. The Balaban J connectivity index is 2.62. The molecule has 1 rings (SSSR count). The second-order valence-corrected chi connectivity index (χ2v) is 4.81. The van der Waals surface area contributed by atoms with E-state index in [1.165, 1.54) is 6.42 Å². The highest BCUT2D eigenvalue weighted by atomic mass is 79.9. The standard InChI is InChI=1S/C11H15BrClN/c1-3-8(2)7-14-11-6-9(13)4-5-10(11)12/h4-6,8,14H,3,7H2,1-2H3. The number of rotatable bonds is 4. The molecule has 0 heterocycles. The van der Waals surface area contributed by atoms with E-state index in [1.807, 2.05) is 18.2 Å². The highest BCUT2D eigenvalue weighted by Crippen LogP contribution is 2.26. The van der Waals surface area contributed by atoms with Gasteiger partial charge in [0.05, 0.1) is 0 Å². The van der Waals surface area contributed by atoms with Crippen molar-refractivity contribution in [3.8, 4) is 0 Å². The Morgan fingerprint density at radius 3 is 2.86 bits per heavy atom. The van der Waals surface area contributed by atoms with Crippen molar-refractivity contribution >= 4 is 33.2 Å². The summed E-state index contributed by atoms with van der Waals surface area (Å²) in [5.74, 6) is 0.681. The molecule has 0 fully saturated rings. The molecule has 0 spiro atoms. The van der Waals surface area contributed by atoms with Crippen LogP contribution in [0.2, 0.25) is 5.02 Å². The Hall–Kier alpha value is -0.210. The van der Waals surface area contributed by atoms with E-state index in [-0.39, 0.29) is 0 Å². The average molecular weight is 277 g/mol. The van der Waals surface area contributed by atoms with E-state index in [4.69, 9.17) is 11.6 Å². The van der Waals surface area contributed by atoms with Crippen molar-refractivity contribution in [3.05, 3.63) is 27.7 Å². The molecule has 14 heavy (non-hydrogen) atoms. The van der Waals surface area contributed by atoms with Gasteiger partial charge in [-0.3, -0.25) is 0 Å². The van der Waals surface area contributed by atoms with Crippen LogP contribution in [0.15, 0.2) is 22.7 Å². The fourth-order valence-corrected chi connectivity index (χ4v) is 1.62. The molecule has 0 aromatic heterocycles. The topological polar surface area (TPSA) is 12.0 Å². The predicted octanol–water partition coefficient (Wildman–Crippen LogP) is 4.56. The molecule has 0 amide bonds. The molecule has 0 saturated carbocycles. The minimum absolute atomic E-state index is 0.681. The molecular weight excluding hydrogens is 261 g/mol. The molecule has 3 heteroatoms. The third kappa shape index (κ3) is 3.50. The summed E-state index contributed by atoms with van der Waals surface area (Å²) in [6, 6.07) is 5.77. The molecule has 1 nitrogen and oxygen atoms in total. The Kier molecular flexibility index (Phi) is 4.76. The molecule has 1 unspecified atom stereocenters. The fraction of sp³-hybridized carbons (Fsp3) is 0.455. The quantitative estimate of drug-likeness (QED) is 0.850.